The monoisotopic (exact) mass is 131 g/mol. The molecule has 1 aliphatic rings. The molecule has 3 N–H and O–H groups in total. The van der Waals surface area contributed by atoms with Gasteiger partial charge in [0.1, 0.15) is 0 Å². The Bertz CT molecular complexity index is 99.5. The summed E-state index contributed by atoms with van der Waals surface area (Å²) in [7, 11) is 0. The quantitative estimate of drug-likeness (QED) is 0.263. The molecule has 0 aromatic carbocycles. The lowest BCUT2D eigenvalue weighted by Crippen LogP contribution is -2.49. The number of hydrazine groups is 1. The van der Waals surface area contributed by atoms with E-state index in [1.54, 1.807) is 0 Å². The van der Waals surface area contributed by atoms with Crippen molar-refractivity contribution in [2.75, 3.05) is 13.1 Å². The molecule has 0 spiro atoms. The van der Waals surface area contributed by atoms with E-state index in [1.807, 2.05) is 4.90 Å². The van der Waals surface area contributed by atoms with Gasteiger partial charge in [0, 0.05) is 13.1 Å². The summed E-state index contributed by atoms with van der Waals surface area (Å²) in [5.41, 5.74) is 2.42. The van der Waals surface area contributed by atoms with Crippen LogP contribution in [-0.2, 0) is 0 Å². The fourth-order valence-electron chi connectivity index (χ4n) is 0.611. The van der Waals surface area contributed by atoms with Gasteiger partial charge in [-0.15, -0.1) is 0 Å². The Hall–Kier alpha value is -0.350. The molecule has 0 aromatic heterocycles. The van der Waals surface area contributed by atoms with Crippen LogP contribution in [0.2, 0.25) is 0 Å². The summed E-state index contributed by atoms with van der Waals surface area (Å²) in [5, 5.41) is 0.663. The zero-order valence-corrected chi connectivity index (χ0v) is 5.37. The normalized spacial score (nSPS) is 17.4. The highest BCUT2D eigenvalue weighted by Gasteiger charge is 2.14. The van der Waals surface area contributed by atoms with E-state index in [9.17, 15) is 0 Å². The number of nitrogens with one attached hydrogen (secondary N) is 1. The van der Waals surface area contributed by atoms with Crippen LogP contribution in [0.1, 0.15) is 6.42 Å². The topological polar surface area (TPSA) is 41.3 Å². The molecule has 0 saturated carbocycles. The first-order valence-electron chi connectivity index (χ1n) is 2.60. The minimum Gasteiger partial charge on any atom is -0.348 e. The number of nitrogens with zero attached hydrogens (tertiary/aromatic N) is 1. The standard InChI is InChI=1S/C4H9N3S/c5-6-4(8)7-2-1-3-7/h1-3,5H2,(H,6,8). The summed E-state index contributed by atoms with van der Waals surface area (Å²) in [6.45, 7) is 2.12. The summed E-state index contributed by atoms with van der Waals surface area (Å²) in [5.74, 6) is 5.05. The van der Waals surface area contributed by atoms with Crippen LogP contribution in [0, 0.1) is 0 Å². The van der Waals surface area contributed by atoms with Gasteiger partial charge in [-0.1, -0.05) is 0 Å². The van der Waals surface area contributed by atoms with Crippen LogP contribution in [0.3, 0.4) is 0 Å². The highest BCUT2D eigenvalue weighted by Crippen LogP contribution is 2.04. The fraction of sp³-hybridized carbons (Fsp3) is 0.750. The second-order valence-corrected chi connectivity index (χ2v) is 2.18. The van der Waals surface area contributed by atoms with Gasteiger partial charge in [-0.2, -0.15) is 0 Å². The molecule has 1 rings (SSSR count). The molecule has 0 amide bonds. The third kappa shape index (κ3) is 0.900. The van der Waals surface area contributed by atoms with Crippen LogP contribution in [0.5, 0.6) is 0 Å². The van der Waals surface area contributed by atoms with Crippen LogP contribution in [0.4, 0.5) is 0 Å². The number of hydrogen-bond acceptors (Lipinski definition) is 2. The van der Waals surface area contributed by atoms with Gasteiger partial charge in [-0.3, -0.25) is 0 Å². The first-order valence-corrected chi connectivity index (χ1v) is 3.01. The molecular formula is C4H9N3S. The van der Waals surface area contributed by atoms with Crippen molar-refractivity contribution < 1.29 is 0 Å². The highest BCUT2D eigenvalue weighted by atomic mass is 32.1. The Labute approximate surface area is 53.8 Å². The van der Waals surface area contributed by atoms with Gasteiger partial charge < -0.3 is 10.3 Å². The summed E-state index contributed by atoms with van der Waals surface area (Å²) in [6, 6.07) is 0. The molecule has 8 heavy (non-hydrogen) atoms. The van der Waals surface area contributed by atoms with Crippen molar-refractivity contribution in [3.05, 3.63) is 0 Å². The molecule has 0 atom stereocenters. The molecule has 0 aromatic rings. The third-order valence-electron chi connectivity index (χ3n) is 1.27. The van der Waals surface area contributed by atoms with Gasteiger partial charge in [0.05, 0.1) is 0 Å². The Morgan fingerprint density at radius 2 is 2.25 bits per heavy atom. The largest absolute Gasteiger partial charge is 0.348 e. The molecule has 0 unspecified atom stereocenters. The zero-order valence-electron chi connectivity index (χ0n) is 4.55. The lowest BCUT2D eigenvalue weighted by molar-refractivity contribution is 0.296. The summed E-state index contributed by atoms with van der Waals surface area (Å²) >= 11 is 4.82. The van der Waals surface area contributed by atoms with E-state index < -0.39 is 0 Å². The smallest absolute Gasteiger partial charge is 0.183 e. The van der Waals surface area contributed by atoms with E-state index in [0.717, 1.165) is 13.1 Å². The van der Waals surface area contributed by atoms with Gasteiger partial charge in [-0.05, 0) is 18.6 Å². The molecule has 1 fully saturated rings. The van der Waals surface area contributed by atoms with E-state index in [-0.39, 0.29) is 0 Å². The number of rotatable bonds is 0. The van der Waals surface area contributed by atoms with Crippen LogP contribution < -0.4 is 11.3 Å². The summed E-state index contributed by atoms with van der Waals surface area (Å²) in [6.07, 6.45) is 1.24. The number of hydrogen-bond donors (Lipinski definition) is 2. The number of likely N-dealkylation sites (tertiary alicyclic amines) is 1. The van der Waals surface area contributed by atoms with Crippen molar-refractivity contribution in [3.8, 4) is 0 Å². The van der Waals surface area contributed by atoms with Crippen molar-refractivity contribution in [1.29, 1.82) is 0 Å². The van der Waals surface area contributed by atoms with Crippen LogP contribution >= 0.6 is 12.2 Å². The molecule has 0 radical (unpaired) electrons. The van der Waals surface area contributed by atoms with Crippen molar-refractivity contribution in [3.63, 3.8) is 0 Å². The first kappa shape index (κ1) is 5.78. The Morgan fingerprint density at radius 3 is 2.38 bits per heavy atom. The SMILES string of the molecule is NNC(=S)N1CCC1. The fourth-order valence-corrected chi connectivity index (χ4v) is 0.793. The van der Waals surface area contributed by atoms with E-state index in [4.69, 9.17) is 18.1 Å². The van der Waals surface area contributed by atoms with Crippen LogP contribution in [0.25, 0.3) is 0 Å². The molecule has 1 aliphatic heterocycles. The maximum Gasteiger partial charge on any atom is 0.183 e. The third-order valence-corrected chi connectivity index (χ3v) is 1.64. The average molecular weight is 131 g/mol. The molecular weight excluding hydrogens is 122 g/mol. The molecule has 3 nitrogen and oxygen atoms in total. The second kappa shape index (κ2) is 2.28. The molecule has 4 heteroatoms. The van der Waals surface area contributed by atoms with E-state index in [2.05, 4.69) is 5.43 Å². The predicted octanol–water partition coefficient (Wildman–Crippen LogP) is -0.560. The zero-order chi connectivity index (χ0) is 5.98. The summed E-state index contributed by atoms with van der Waals surface area (Å²) in [4.78, 5) is 2.02. The highest BCUT2D eigenvalue weighted by molar-refractivity contribution is 7.80. The van der Waals surface area contributed by atoms with Gasteiger partial charge in [0.25, 0.3) is 0 Å². The maximum atomic E-state index is 5.05. The number of nitrogens with two attached hydrogens (primary N) is 1. The van der Waals surface area contributed by atoms with Crippen LogP contribution in [0.15, 0.2) is 0 Å². The number of thiocarbonyl (C=S) groups is 1. The second-order valence-electron chi connectivity index (χ2n) is 1.79. The molecule has 0 bridgehead atoms. The Morgan fingerprint density at radius 1 is 1.62 bits per heavy atom. The van der Waals surface area contributed by atoms with Crippen LogP contribution in [-0.4, -0.2) is 23.1 Å². The van der Waals surface area contributed by atoms with Gasteiger partial charge in [0.15, 0.2) is 5.11 Å². The van der Waals surface area contributed by atoms with E-state index in [1.165, 1.54) is 6.42 Å². The van der Waals surface area contributed by atoms with E-state index in [0.29, 0.717) is 5.11 Å². The van der Waals surface area contributed by atoms with E-state index >= 15 is 0 Å². The average Bonchev–Trinajstić information content (AvgIpc) is 1.62. The molecule has 1 saturated heterocycles. The summed E-state index contributed by atoms with van der Waals surface area (Å²) < 4.78 is 0. The Kier molecular flexibility index (Phi) is 1.65. The van der Waals surface area contributed by atoms with Crippen molar-refractivity contribution in [2.45, 2.75) is 6.42 Å². The molecule has 46 valence electrons. The molecule has 0 aliphatic carbocycles. The predicted molar refractivity (Wildman–Crippen MR) is 36.1 cm³/mol. The first-order chi connectivity index (χ1) is 3.84. The van der Waals surface area contributed by atoms with Gasteiger partial charge >= 0.3 is 0 Å². The lowest BCUT2D eigenvalue weighted by Gasteiger charge is -2.32. The van der Waals surface area contributed by atoms with Crippen molar-refractivity contribution in [1.82, 2.24) is 10.3 Å². The minimum absolute atomic E-state index is 0.663. The Balaban J connectivity index is 2.24. The maximum absolute atomic E-state index is 5.05. The minimum atomic E-state index is 0.663. The van der Waals surface area contributed by atoms with Gasteiger partial charge in [0.2, 0.25) is 0 Å². The van der Waals surface area contributed by atoms with Crippen molar-refractivity contribution in [2.24, 2.45) is 5.84 Å². The molecule has 1 heterocycles. The van der Waals surface area contributed by atoms with Gasteiger partial charge in [-0.25, -0.2) is 5.84 Å². The van der Waals surface area contributed by atoms with Crippen molar-refractivity contribution >= 4 is 17.3 Å². The lowest BCUT2D eigenvalue weighted by atomic mass is 10.2.